The van der Waals surface area contributed by atoms with Gasteiger partial charge in [0.15, 0.2) is 0 Å². The van der Waals surface area contributed by atoms with E-state index in [1.807, 2.05) is 0 Å². The zero-order chi connectivity index (χ0) is 8.85. The fraction of sp³-hybridized carbons (Fsp3) is 0.333. The minimum atomic E-state index is -1.15. The Balaban J connectivity index is 4.82. The molecule has 0 radical (unpaired) electrons. The van der Waals surface area contributed by atoms with Gasteiger partial charge in [-0.05, 0) is 12.5 Å². The lowest BCUT2D eigenvalue weighted by Crippen LogP contribution is -1.97. The van der Waals surface area contributed by atoms with Crippen LogP contribution in [0.3, 0.4) is 0 Å². The van der Waals surface area contributed by atoms with Crippen LogP contribution in [0.2, 0.25) is 0 Å². The van der Waals surface area contributed by atoms with Gasteiger partial charge >= 0.3 is 5.97 Å². The molecule has 0 aliphatic rings. The van der Waals surface area contributed by atoms with Crippen molar-refractivity contribution in [1.29, 1.82) is 0 Å². The first-order valence-corrected chi connectivity index (χ1v) is 5.05. The molecule has 0 fully saturated rings. The van der Waals surface area contributed by atoms with Crippen LogP contribution in [-0.4, -0.2) is 23.6 Å². The Hall–Kier alpha value is -0.600. The van der Waals surface area contributed by atoms with Crippen LogP contribution in [0.5, 0.6) is 0 Å². The van der Waals surface area contributed by atoms with E-state index >= 15 is 0 Å². The molecule has 0 atom stereocenters. The molecule has 0 amide bonds. The van der Waals surface area contributed by atoms with Crippen molar-refractivity contribution in [2.45, 2.75) is 0 Å². The van der Waals surface area contributed by atoms with Crippen LogP contribution in [0.4, 0.5) is 0 Å². The minimum Gasteiger partial charge on any atom is -0.486 e. The Bertz CT molecular complexity index is 223. The van der Waals surface area contributed by atoms with Gasteiger partial charge in [0.05, 0.1) is 10.8 Å². The number of hydrogen-bond acceptors (Lipinski definition) is 3. The zero-order valence-electron chi connectivity index (χ0n) is 6.12. The van der Waals surface area contributed by atoms with Gasteiger partial charge in [0, 0.05) is 0 Å². The highest BCUT2D eigenvalue weighted by atomic mass is 32.2. The Morgan fingerprint density at radius 1 is 1.45 bits per heavy atom. The molecule has 0 bridgehead atoms. The van der Waals surface area contributed by atoms with Crippen LogP contribution < -0.4 is 0 Å². The standard InChI is InChI=1S/C6H7NO2S2/c1-7-4(5(8)9)6(10-2)11-3/h2-3H3,(H,8,9). The highest BCUT2D eigenvalue weighted by Gasteiger charge is 2.12. The molecule has 0 unspecified atom stereocenters. The molecule has 5 heteroatoms. The molecule has 1 N–H and O–H groups in total. The van der Waals surface area contributed by atoms with Gasteiger partial charge in [-0.2, -0.15) is 0 Å². The average Bonchev–Trinajstić information content (AvgIpc) is 1.99. The maximum atomic E-state index is 10.4. The number of thioether (sulfide) groups is 2. The lowest BCUT2D eigenvalue weighted by molar-refractivity contribution is -0.132. The minimum absolute atomic E-state index is 0.190. The van der Waals surface area contributed by atoms with Crippen LogP contribution in [0.1, 0.15) is 0 Å². The number of carboxylic acid groups (broad SMARTS) is 1. The summed E-state index contributed by atoms with van der Waals surface area (Å²) in [6.45, 7) is 6.59. The largest absolute Gasteiger partial charge is 0.486 e. The monoisotopic (exact) mass is 189 g/mol. The van der Waals surface area contributed by atoms with Crippen molar-refractivity contribution in [1.82, 2.24) is 0 Å². The number of carboxylic acids is 1. The molecule has 0 saturated carbocycles. The summed E-state index contributed by atoms with van der Waals surface area (Å²) in [4.78, 5) is 13.3. The molecule has 0 rings (SSSR count). The van der Waals surface area contributed by atoms with Gasteiger partial charge in [0.2, 0.25) is 0 Å². The molecular formula is C6H7NO2S2. The van der Waals surface area contributed by atoms with E-state index in [0.29, 0.717) is 4.24 Å². The van der Waals surface area contributed by atoms with Crippen molar-refractivity contribution in [2.24, 2.45) is 0 Å². The van der Waals surface area contributed by atoms with Gasteiger partial charge in [0.1, 0.15) is 0 Å². The summed E-state index contributed by atoms with van der Waals surface area (Å²) in [7, 11) is 0. The predicted molar refractivity (Wildman–Crippen MR) is 48.3 cm³/mol. The second kappa shape index (κ2) is 5.10. The Morgan fingerprint density at radius 3 is 2.00 bits per heavy atom. The van der Waals surface area contributed by atoms with E-state index in [0.717, 1.165) is 0 Å². The van der Waals surface area contributed by atoms with Gasteiger partial charge in [-0.15, -0.1) is 23.5 Å². The maximum absolute atomic E-state index is 10.4. The normalized spacial score (nSPS) is 8.45. The van der Waals surface area contributed by atoms with Crippen LogP contribution in [0, 0.1) is 6.57 Å². The topological polar surface area (TPSA) is 41.7 Å². The number of hydrogen-bond donors (Lipinski definition) is 1. The highest BCUT2D eigenvalue weighted by Crippen LogP contribution is 2.27. The highest BCUT2D eigenvalue weighted by molar-refractivity contribution is 8.21. The second-order valence-electron chi connectivity index (χ2n) is 1.46. The molecule has 60 valence electrons. The SMILES string of the molecule is [C-]#[N+]C(C(=O)O)=C(SC)SC. The number of carbonyl (C=O) groups is 1. The first-order valence-electron chi connectivity index (χ1n) is 2.60. The summed E-state index contributed by atoms with van der Waals surface area (Å²) < 4.78 is 0.549. The summed E-state index contributed by atoms with van der Waals surface area (Å²) in [5.41, 5.74) is -0.190. The molecule has 0 aromatic heterocycles. The number of rotatable bonds is 3. The van der Waals surface area contributed by atoms with Crippen molar-refractivity contribution in [3.8, 4) is 0 Å². The first-order chi connectivity index (χ1) is 5.17. The van der Waals surface area contributed by atoms with Crippen LogP contribution in [-0.2, 0) is 4.79 Å². The second-order valence-corrected chi connectivity index (χ2v) is 3.35. The Kier molecular flexibility index (Phi) is 4.83. The molecule has 0 spiro atoms. The Morgan fingerprint density at radius 2 is 1.91 bits per heavy atom. The third-order valence-electron chi connectivity index (χ3n) is 0.879. The van der Waals surface area contributed by atoms with Gasteiger partial charge in [0.25, 0.3) is 5.70 Å². The van der Waals surface area contributed by atoms with E-state index in [2.05, 4.69) is 4.85 Å². The van der Waals surface area contributed by atoms with Crippen molar-refractivity contribution in [3.63, 3.8) is 0 Å². The number of nitrogens with zero attached hydrogens (tertiary/aromatic N) is 1. The fourth-order valence-electron chi connectivity index (χ4n) is 0.457. The molecule has 11 heavy (non-hydrogen) atoms. The number of aliphatic carboxylic acids is 1. The zero-order valence-corrected chi connectivity index (χ0v) is 7.75. The van der Waals surface area contributed by atoms with Gasteiger partial charge in [-0.3, -0.25) is 4.79 Å². The summed E-state index contributed by atoms with van der Waals surface area (Å²) >= 11 is 2.56. The molecular weight excluding hydrogens is 182 g/mol. The molecule has 0 aromatic carbocycles. The van der Waals surface area contributed by atoms with E-state index in [9.17, 15) is 4.79 Å². The van der Waals surface area contributed by atoms with E-state index in [1.54, 1.807) is 12.5 Å². The van der Waals surface area contributed by atoms with E-state index in [4.69, 9.17) is 11.7 Å². The quantitative estimate of drug-likeness (QED) is 0.543. The summed E-state index contributed by atoms with van der Waals surface area (Å²) in [5.74, 6) is -1.15. The maximum Gasteiger partial charge on any atom is 0.335 e. The summed E-state index contributed by atoms with van der Waals surface area (Å²) in [6.07, 6.45) is 3.50. The first kappa shape index (κ1) is 10.4. The Labute approximate surface area is 73.7 Å². The third kappa shape index (κ3) is 2.87. The lowest BCUT2D eigenvalue weighted by atomic mass is 10.5. The third-order valence-corrected chi connectivity index (χ3v) is 3.01. The summed E-state index contributed by atoms with van der Waals surface area (Å²) in [6, 6.07) is 0. The van der Waals surface area contributed by atoms with Gasteiger partial charge in [-0.1, -0.05) is 0 Å². The van der Waals surface area contributed by atoms with E-state index < -0.39 is 5.97 Å². The molecule has 0 heterocycles. The van der Waals surface area contributed by atoms with Crippen molar-refractivity contribution < 1.29 is 9.90 Å². The average molecular weight is 189 g/mol. The predicted octanol–water partition coefficient (Wildman–Crippen LogP) is 1.89. The van der Waals surface area contributed by atoms with Gasteiger partial charge in [-0.25, -0.2) is 4.85 Å². The summed E-state index contributed by atoms with van der Waals surface area (Å²) in [5, 5.41) is 8.51. The van der Waals surface area contributed by atoms with Crippen molar-refractivity contribution in [2.75, 3.05) is 12.5 Å². The van der Waals surface area contributed by atoms with Crippen molar-refractivity contribution in [3.05, 3.63) is 21.4 Å². The van der Waals surface area contributed by atoms with Crippen LogP contribution >= 0.6 is 23.5 Å². The molecule has 3 nitrogen and oxygen atoms in total. The van der Waals surface area contributed by atoms with Crippen molar-refractivity contribution >= 4 is 29.5 Å². The molecule has 0 aliphatic carbocycles. The molecule has 0 saturated heterocycles. The smallest absolute Gasteiger partial charge is 0.335 e. The molecule has 0 aromatic rings. The van der Waals surface area contributed by atoms with Crippen LogP contribution in [0.25, 0.3) is 4.85 Å². The van der Waals surface area contributed by atoms with Crippen LogP contribution in [0.15, 0.2) is 9.93 Å². The van der Waals surface area contributed by atoms with E-state index in [-0.39, 0.29) is 5.70 Å². The van der Waals surface area contributed by atoms with Gasteiger partial charge < -0.3 is 5.11 Å². The molecule has 0 aliphatic heterocycles. The lowest BCUT2D eigenvalue weighted by Gasteiger charge is -1.98. The van der Waals surface area contributed by atoms with E-state index in [1.165, 1.54) is 23.5 Å². The fourth-order valence-corrected chi connectivity index (χ4v) is 1.78.